The van der Waals surface area contributed by atoms with Crippen LogP contribution in [0.3, 0.4) is 0 Å². The molecule has 8 heteroatoms. The molecule has 0 amide bonds. The molecule has 0 aliphatic rings. The van der Waals surface area contributed by atoms with Crippen LogP contribution in [0.5, 0.6) is 0 Å². The third kappa shape index (κ3) is 2.30. The fourth-order valence-corrected chi connectivity index (χ4v) is 2.20. The van der Waals surface area contributed by atoms with Crippen LogP contribution in [0, 0.1) is 17.0 Å². The average molecular weight is 328 g/mol. The first-order valence-corrected chi connectivity index (χ1v) is 6.24. The number of hydrogen-bond acceptors (Lipinski definition) is 5. The van der Waals surface area contributed by atoms with Gasteiger partial charge in [0.25, 0.3) is 5.69 Å². The van der Waals surface area contributed by atoms with Gasteiger partial charge in [-0.15, -0.1) is 0 Å². The van der Waals surface area contributed by atoms with Gasteiger partial charge in [0.1, 0.15) is 10.3 Å². The van der Waals surface area contributed by atoms with Gasteiger partial charge in [-0.05, 0) is 35.8 Å². The number of hydrogen-bond donors (Lipinski definition) is 0. The number of carbonyl (C=O) groups is 1. The van der Waals surface area contributed by atoms with E-state index in [1.165, 1.54) is 10.6 Å². The minimum atomic E-state index is -0.571. The van der Waals surface area contributed by atoms with E-state index in [2.05, 4.69) is 20.9 Å². The number of aryl methyl sites for hydroxylation is 1. The first kappa shape index (κ1) is 13.5. The van der Waals surface area contributed by atoms with Crippen LogP contribution in [0.25, 0.3) is 5.65 Å². The third-order valence-electron chi connectivity index (χ3n) is 2.55. The number of carbonyl (C=O) groups excluding carboxylic acids is 1. The largest absolute Gasteiger partial charge is 0.461 e. The fourth-order valence-electron chi connectivity index (χ4n) is 1.67. The first-order chi connectivity index (χ1) is 8.95. The van der Waals surface area contributed by atoms with E-state index in [4.69, 9.17) is 4.74 Å². The molecule has 0 saturated carbocycles. The molecule has 0 bridgehead atoms. The molecule has 0 spiro atoms. The molecule has 0 aromatic carbocycles. The van der Waals surface area contributed by atoms with Gasteiger partial charge >= 0.3 is 5.97 Å². The Morgan fingerprint density at radius 1 is 1.63 bits per heavy atom. The summed E-state index contributed by atoms with van der Waals surface area (Å²) in [5.74, 6) is -0.571. The summed E-state index contributed by atoms with van der Waals surface area (Å²) in [5.41, 5.74) is 0.978. The zero-order chi connectivity index (χ0) is 14.2. The van der Waals surface area contributed by atoms with Crippen molar-refractivity contribution in [1.29, 1.82) is 0 Å². The van der Waals surface area contributed by atoms with Gasteiger partial charge in [-0.25, -0.2) is 9.78 Å². The Kier molecular flexibility index (Phi) is 3.52. The molecule has 2 heterocycles. The summed E-state index contributed by atoms with van der Waals surface area (Å²) in [6, 6.07) is 1.55. The number of fused-ring (bicyclic) bond motifs is 1. The van der Waals surface area contributed by atoms with Crippen LogP contribution in [0.4, 0.5) is 5.69 Å². The van der Waals surface area contributed by atoms with E-state index < -0.39 is 10.9 Å². The Bertz CT molecular complexity index is 680. The lowest BCUT2D eigenvalue weighted by atomic mass is 10.2. The minimum Gasteiger partial charge on any atom is -0.461 e. The van der Waals surface area contributed by atoms with E-state index in [1.807, 2.05) is 0 Å². The molecule has 0 aliphatic heterocycles. The van der Waals surface area contributed by atoms with E-state index in [0.29, 0.717) is 15.8 Å². The molecular weight excluding hydrogens is 318 g/mol. The van der Waals surface area contributed by atoms with Gasteiger partial charge in [0.05, 0.1) is 17.7 Å². The number of halogens is 1. The Balaban J connectivity index is 2.64. The van der Waals surface area contributed by atoms with Gasteiger partial charge in [-0.1, -0.05) is 0 Å². The van der Waals surface area contributed by atoms with Crippen LogP contribution in [-0.4, -0.2) is 26.9 Å². The zero-order valence-electron chi connectivity index (χ0n) is 10.2. The molecule has 0 unspecified atom stereocenters. The molecule has 2 aromatic heterocycles. The Morgan fingerprint density at radius 3 is 2.89 bits per heavy atom. The van der Waals surface area contributed by atoms with Gasteiger partial charge in [-0.2, -0.15) is 0 Å². The van der Waals surface area contributed by atoms with Gasteiger partial charge in [0, 0.05) is 5.56 Å². The summed E-state index contributed by atoms with van der Waals surface area (Å²) in [5, 5.41) is 10.9. The van der Waals surface area contributed by atoms with E-state index >= 15 is 0 Å². The maximum Gasteiger partial charge on any atom is 0.359 e. The third-order valence-corrected chi connectivity index (χ3v) is 3.30. The SMILES string of the molecule is CCOC(=O)c1nc2cc(C)c([N+](=O)[O-])cn2c1Br. The number of rotatable bonds is 3. The fraction of sp³-hybridized carbons (Fsp3) is 0.273. The Morgan fingerprint density at radius 2 is 2.32 bits per heavy atom. The van der Waals surface area contributed by atoms with Gasteiger partial charge in [-0.3, -0.25) is 14.5 Å². The molecule has 19 heavy (non-hydrogen) atoms. The smallest absolute Gasteiger partial charge is 0.359 e. The highest BCUT2D eigenvalue weighted by Crippen LogP contribution is 2.25. The number of esters is 1. The highest BCUT2D eigenvalue weighted by atomic mass is 79.9. The second-order valence-corrected chi connectivity index (χ2v) is 4.55. The molecule has 2 rings (SSSR count). The average Bonchev–Trinajstić information content (AvgIpc) is 2.65. The molecule has 2 aromatic rings. The molecule has 100 valence electrons. The van der Waals surface area contributed by atoms with Crippen LogP contribution in [-0.2, 0) is 4.74 Å². The monoisotopic (exact) mass is 327 g/mol. The molecule has 0 saturated heterocycles. The normalized spacial score (nSPS) is 10.7. The van der Waals surface area contributed by atoms with Crippen molar-refractivity contribution in [2.75, 3.05) is 6.61 Å². The molecule has 0 atom stereocenters. The second kappa shape index (κ2) is 4.96. The summed E-state index contributed by atoms with van der Waals surface area (Å²) < 4.78 is 6.65. The number of pyridine rings is 1. The lowest BCUT2D eigenvalue weighted by Crippen LogP contribution is -2.05. The summed E-state index contributed by atoms with van der Waals surface area (Å²) in [7, 11) is 0. The quantitative estimate of drug-likeness (QED) is 0.491. The lowest BCUT2D eigenvalue weighted by Gasteiger charge is -1.99. The number of aromatic nitrogens is 2. The topological polar surface area (TPSA) is 86.7 Å². The molecule has 0 radical (unpaired) electrons. The van der Waals surface area contributed by atoms with Crippen LogP contribution in [0.1, 0.15) is 23.0 Å². The summed E-state index contributed by atoms with van der Waals surface area (Å²) in [6.07, 6.45) is 1.32. The van der Waals surface area contributed by atoms with Gasteiger partial charge in [0.15, 0.2) is 5.69 Å². The van der Waals surface area contributed by atoms with Gasteiger partial charge < -0.3 is 4.74 Å². The highest BCUT2D eigenvalue weighted by molar-refractivity contribution is 9.10. The Labute approximate surface area is 116 Å². The van der Waals surface area contributed by atoms with Crippen molar-refractivity contribution in [1.82, 2.24) is 9.38 Å². The standard InChI is InChI=1S/C11H10BrN3O4/c1-3-19-11(16)9-10(12)14-5-7(15(17)18)6(2)4-8(14)13-9/h4-5H,3H2,1-2H3. The van der Waals surface area contributed by atoms with Crippen LogP contribution >= 0.6 is 15.9 Å². The maximum atomic E-state index is 11.7. The first-order valence-electron chi connectivity index (χ1n) is 5.45. The molecule has 7 nitrogen and oxygen atoms in total. The van der Waals surface area contributed by atoms with Crippen molar-refractivity contribution in [2.45, 2.75) is 13.8 Å². The maximum absolute atomic E-state index is 11.7. The van der Waals surface area contributed by atoms with Crippen molar-refractivity contribution in [3.63, 3.8) is 0 Å². The number of imidazole rings is 1. The van der Waals surface area contributed by atoms with Crippen molar-refractivity contribution in [2.24, 2.45) is 0 Å². The van der Waals surface area contributed by atoms with Crippen molar-refractivity contribution in [3.8, 4) is 0 Å². The van der Waals surface area contributed by atoms with Crippen LogP contribution in [0.15, 0.2) is 16.9 Å². The molecule has 0 N–H and O–H groups in total. The van der Waals surface area contributed by atoms with Crippen molar-refractivity contribution >= 4 is 33.2 Å². The van der Waals surface area contributed by atoms with Crippen LogP contribution < -0.4 is 0 Å². The molecular formula is C11H10BrN3O4. The summed E-state index contributed by atoms with van der Waals surface area (Å²) in [6.45, 7) is 3.54. The summed E-state index contributed by atoms with van der Waals surface area (Å²) in [4.78, 5) is 26.2. The van der Waals surface area contributed by atoms with Crippen molar-refractivity contribution in [3.05, 3.63) is 38.2 Å². The number of nitro groups is 1. The molecule has 0 fully saturated rings. The van der Waals surface area contributed by atoms with E-state index in [1.54, 1.807) is 19.9 Å². The Hall–Kier alpha value is -1.96. The van der Waals surface area contributed by atoms with Crippen LogP contribution in [0.2, 0.25) is 0 Å². The zero-order valence-corrected chi connectivity index (χ0v) is 11.8. The van der Waals surface area contributed by atoms with E-state index in [-0.39, 0.29) is 18.0 Å². The predicted molar refractivity (Wildman–Crippen MR) is 70.2 cm³/mol. The minimum absolute atomic E-state index is 0.0407. The number of ether oxygens (including phenoxy) is 1. The predicted octanol–water partition coefficient (Wildman–Crippen LogP) is 2.49. The van der Waals surface area contributed by atoms with Gasteiger partial charge in [0.2, 0.25) is 0 Å². The lowest BCUT2D eigenvalue weighted by molar-refractivity contribution is -0.385. The highest BCUT2D eigenvalue weighted by Gasteiger charge is 2.21. The number of nitrogens with zero attached hydrogens (tertiary/aromatic N) is 3. The summed E-state index contributed by atoms with van der Waals surface area (Å²) >= 11 is 3.21. The van der Waals surface area contributed by atoms with E-state index in [0.717, 1.165) is 0 Å². The van der Waals surface area contributed by atoms with E-state index in [9.17, 15) is 14.9 Å². The molecule has 0 aliphatic carbocycles. The van der Waals surface area contributed by atoms with Crippen molar-refractivity contribution < 1.29 is 14.5 Å². The second-order valence-electron chi connectivity index (χ2n) is 3.80.